The molecule has 0 fully saturated rings. The van der Waals surface area contributed by atoms with Crippen LogP contribution in [0.25, 0.3) is 22.2 Å². The summed E-state index contributed by atoms with van der Waals surface area (Å²) in [5.41, 5.74) is 5.76. The van der Waals surface area contributed by atoms with Crippen molar-refractivity contribution in [2.45, 2.75) is 13.5 Å². The largest absolute Gasteiger partial charge is 0.489 e. The van der Waals surface area contributed by atoms with Gasteiger partial charge in [-0.1, -0.05) is 18.2 Å². The van der Waals surface area contributed by atoms with Crippen LogP contribution >= 0.6 is 0 Å². The molecule has 0 amide bonds. The lowest BCUT2D eigenvalue weighted by molar-refractivity contribution is 0.303. The van der Waals surface area contributed by atoms with Gasteiger partial charge in [0, 0.05) is 30.0 Å². The summed E-state index contributed by atoms with van der Waals surface area (Å²) < 4.78 is 21.4. The second kappa shape index (κ2) is 8.74. The van der Waals surface area contributed by atoms with E-state index in [0.717, 1.165) is 50.5 Å². The van der Waals surface area contributed by atoms with Crippen molar-refractivity contribution in [2.75, 3.05) is 5.32 Å². The summed E-state index contributed by atoms with van der Waals surface area (Å²) in [4.78, 5) is 8.90. The number of aromatic nitrogens is 3. The van der Waals surface area contributed by atoms with Gasteiger partial charge >= 0.3 is 0 Å². The summed E-state index contributed by atoms with van der Waals surface area (Å²) >= 11 is 0. The Morgan fingerprint density at radius 1 is 0.970 bits per heavy atom. The molecule has 164 valence electrons. The van der Waals surface area contributed by atoms with Crippen LogP contribution in [0, 0.1) is 12.7 Å². The molecular weight excluding hydrogens is 415 g/mol. The van der Waals surface area contributed by atoms with E-state index in [9.17, 15) is 4.39 Å². The molecule has 2 aromatic heterocycles. The third-order valence-corrected chi connectivity index (χ3v) is 5.60. The number of benzene rings is 3. The molecule has 0 saturated heterocycles. The van der Waals surface area contributed by atoms with Gasteiger partial charge in [-0.2, -0.15) is 0 Å². The predicted octanol–water partition coefficient (Wildman–Crippen LogP) is 6.41. The fourth-order valence-electron chi connectivity index (χ4n) is 3.89. The number of anilines is 2. The van der Waals surface area contributed by atoms with Crippen molar-refractivity contribution in [3.8, 4) is 17.0 Å². The van der Waals surface area contributed by atoms with Crippen LogP contribution in [0.3, 0.4) is 0 Å². The van der Waals surface area contributed by atoms with Crippen molar-refractivity contribution in [3.05, 3.63) is 102 Å². The molecule has 0 radical (unpaired) electrons. The lowest BCUT2D eigenvalue weighted by atomic mass is 10.1. The van der Waals surface area contributed by atoms with E-state index >= 15 is 0 Å². The topological polar surface area (TPSA) is 52.0 Å². The average molecular weight is 439 g/mol. The first-order chi connectivity index (χ1) is 16.1. The number of halogens is 1. The van der Waals surface area contributed by atoms with E-state index in [-0.39, 0.29) is 5.82 Å². The maximum atomic E-state index is 13.4. The Labute approximate surface area is 191 Å². The smallest absolute Gasteiger partial charge is 0.141 e. The molecule has 0 atom stereocenters. The Morgan fingerprint density at radius 2 is 1.88 bits per heavy atom. The van der Waals surface area contributed by atoms with Crippen molar-refractivity contribution in [1.82, 2.24) is 14.5 Å². The van der Waals surface area contributed by atoms with E-state index in [1.807, 2.05) is 56.6 Å². The number of rotatable bonds is 6. The van der Waals surface area contributed by atoms with Gasteiger partial charge in [0.05, 0.1) is 5.52 Å². The molecule has 0 bridgehead atoms. The molecule has 5 aromatic rings. The Hall–Kier alpha value is -4.19. The molecule has 0 saturated carbocycles. The lowest BCUT2D eigenvalue weighted by Crippen LogP contribution is -2.00. The molecule has 0 aliphatic carbocycles. The monoisotopic (exact) mass is 438 g/mol. The number of hydrogen-bond donors (Lipinski definition) is 1. The molecule has 2 heterocycles. The summed E-state index contributed by atoms with van der Waals surface area (Å²) in [5, 5.41) is 4.36. The highest BCUT2D eigenvalue weighted by molar-refractivity contribution is 5.93. The molecular formula is C27H23FN4O. The maximum absolute atomic E-state index is 13.4. The van der Waals surface area contributed by atoms with Crippen LogP contribution in [0.15, 0.2) is 85.3 Å². The first-order valence-corrected chi connectivity index (χ1v) is 10.7. The second-order valence-electron chi connectivity index (χ2n) is 7.98. The zero-order valence-corrected chi connectivity index (χ0v) is 18.4. The van der Waals surface area contributed by atoms with Crippen LogP contribution in [-0.4, -0.2) is 14.5 Å². The van der Waals surface area contributed by atoms with E-state index in [4.69, 9.17) is 4.74 Å². The van der Waals surface area contributed by atoms with Gasteiger partial charge in [-0.05, 0) is 78.2 Å². The van der Waals surface area contributed by atoms with Gasteiger partial charge in [0.25, 0.3) is 0 Å². The predicted molar refractivity (Wildman–Crippen MR) is 129 cm³/mol. The molecule has 0 spiro atoms. The third kappa shape index (κ3) is 4.41. The normalized spacial score (nSPS) is 11.0. The molecule has 0 aliphatic heterocycles. The van der Waals surface area contributed by atoms with Gasteiger partial charge in [-0.25, -0.2) is 14.4 Å². The molecule has 5 nitrogen and oxygen atoms in total. The Morgan fingerprint density at radius 3 is 2.67 bits per heavy atom. The number of nitrogens with zero attached hydrogens (tertiary/aromatic N) is 3. The van der Waals surface area contributed by atoms with Gasteiger partial charge in [0.15, 0.2) is 0 Å². The summed E-state index contributed by atoms with van der Waals surface area (Å²) in [6.45, 7) is 2.29. The van der Waals surface area contributed by atoms with Crippen LogP contribution in [0.5, 0.6) is 5.75 Å². The number of hydrogen-bond acceptors (Lipinski definition) is 4. The van der Waals surface area contributed by atoms with Crippen LogP contribution in [0.4, 0.5) is 15.9 Å². The number of aryl methyl sites for hydroxylation is 2. The number of nitrogens with one attached hydrogen (secondary N) is 1. The fourth-order valence-corrected chi connectivity index (χ4v) is 3.89. The highest BCUT2D eigenvalue weighted by Gasteiger charge is 2.09. The standard InChI is InChI=1S/C27H23FN4O/c1-18-13-22(9-11-26(18)33-16-19-5-3-6-21(28)14-19)31-27-23-15-20(25-7-4-12-32(25)2)8-10-24(23)29-17-30-27/h3-15,17H,16H2,1-2H3,(H,29,30,31). The van der Waals surface area contributed by atoms with Gasteiger partial charge in [0.1, 0.15) is 30.3 Å². The van der Waals surface area contributed by atoms with Crippen LogP contribution < -0.4 is 10.1 Å². The molecule has 33 heavy (non-hydrogen) atoms. The molecule has 3 aromatic carbocycles. The lowest BCUT2D eigenvalue weighted by Gasteiger charge is -2.13. The van der Waals surface area contributed by atoms with Crippen molar-refractivity contribution in [3.63, 3.8) is 0 Å². The van der Waals surface area contributed by atoms with Crippen LogP contribution in [0.1, 0.15) is 11.1 Å². The summed E-state index contributed by atoms with van der Waals surface area (Å²) in [5.74, 6) is 1.23. The molecule has 5 rings (SSSR count). The van der Waals surface area contributed by atoms with Crippen LogP contribution in [-0.2, 0) is 13.7 Å². The molecule has 1 N–H and O–H groups in total. The van der Waals surface area contributed by atoms with E-state index in [1.165, 1.54) is 12.1 Å². The second-order valence-corrected chi connectivity index (χ2v) is 7.98. The summed E-state index contributed by atoms with van der Waals surface area (Å²) in [7, 11) is 2.03. The zero-order valence-electron chi connectivity index (χ0n) is 18.4. The first kappa shape index (κ1) is 20.7. The highest BCUT2D eigenvalue weighted by Crippen LogP contribution is 2.30. The highest BCUT2D eigenvalue weighted by atomic mass is 19.1. The van der Waals surface area contributed by atoms with Gasteiger partial charge in [-0.3, -0.25) is 0 Å². The van der Waals surface area contributed by atoms with E-state index in [2.05, 4.69) is 38.1 Å². The minimum Gasteiger partial charge on any atom is -0.489 e. The summed E-state index contributed by atoms with van der Waals surface area (Å²) in [6, 6.07) is 22.6. The molecule has 6 heteroatoms. The molecule has 0 aliphatic rings. The van der Waals surface area contributed by atoms with Crippen molar-refractivity contribution >= 4 is 22.4 Å². The SMILES string of the molecule is Cc1cc(Nc2ncnc3ccc(-c4cccn4C)cc23)ccc1OCc1cccc(F)c1. The number of fused-ring (bicyclic) bond motifs is 1. The van der Waals surface area contributed by atoms with Gasteiger partial charge in [-0.15, -0.1) is 0 Å². The molecule has 0 unspecified atom stereocenters. The maximum Gasteiger partial charge on any atom is 0.141 e. The third-order valence-electron chi connectivity index (χ3n) is 5.60. The minimum atomic E-state index is -0.264. The van der Waals surface area contributed by atoms with Crippen molar-refractivity contribution < 1.29 is 9.13 Å². The van der Waals surface area contributed by atoms with E-state index in [1.54, 1.807) is 12.4 Å². The van der Waals surface area contributed by atoms with E-state index < -0.39 is 0 Å². The van der Waals surface area contributed by atoms with Crippen molar-refractivity contribution in [1.29, 1.82) is 0 Å². The summed E-state index contributed by atoms with van der Waals surface area (Å²) in [6.07, 6.45) is 3.59. The number of ether oxygens (including phenoxy) is 1. The quantitative estimate of drug-likeness (QED) is 0.333. The first-order valence-electron chi connectivity index (χ1n) is 10.7. The van der Waals surface area contributed by atoms with Crippen LogP contribution in [0.2, 0.25) is 0 Å². The average Bonchev–Trinajstić information content (AvgIpc) is 3.24. The van der Waals surface area contributed by atoms with E-state index in [0.29, 0.717) is 6.61 Å². The van der Waals surface area contributed by atoms with Crippen molar-refractivity contribution in [2.24, 2.45) is 7.05 Å². The Bertz CT molecular complexity index is 1440. The van der Waals surface area contributed by atoms with Gasteiger partial charge in [0.2, 0.25) is 0 Å². The Balaban J connectivity index is 1.39. The fraction of sp³-hybridized carbons (Fsp3) is 0.111. The minimum absolute atomic E-state index is 0.264. The Kier molecular flexibility index (Phi) is 5.48. The zero-order chi connectivity index (χ0) is 22.8. The van der Waals surface area contributed by atoms with Gasteiger partial charge < -0.3 is 14.6 Å².